The fourth-order valence-corrected chi connectivity index (χ4v) is 3.90. The van der Waals surface area contributed by atoms with Crippen LogP contribution in [0.3, 0.4) is 0 Å². The van der Waals surface area contributed by atoms with Crippen LogP contribution < -0.4 is 16.9 Å². The van der Waals surface area contributed by atoms with Crippen LogP contribution in [0.4, 0.5) is 5.95 Å². The van der Waals surface area contributed by atoms with Gasteiger partial charge in [-0.1, -0.05) is 24.3 Å². The van der Waals surface area contributed by atoms with Crippen molar-refractivity contribution in [1.29, 1.82) is 0 Å². The smallest absolute Gasteiger partial charge is 0.310 e. The standard InChI is InChI=1S/C17H21N7O2S2/c1-23(2)28(25,26)24-15-8-7-11(10-14(15)20-16(24)18)9-12-5-3-4-6-13(12)21-22-17(19)27/h3-5,7-8,10H,6,9H2,1-2H3,(H2,18,20)(H3,19,22,27). The molecule has 11 heteroatoms. The van der Waals surface area contributed by atoms with Crippen LogP contribution in [0.5, 0.6) is 0 Å². The maximum atomic E-state index is 12.5. The molecule has 1 heterocycles. The van der Waals surface area contributed by atoms with Crippen molar-refractivity contribution in [2.45, 2.75) is 12.8 Å². The zero-order valence-electron chi connectivity index (χ0n) is 15.5. The van der Waals surface area contributed by atoms with E-state index in [0.29, 0.717) is 23.9 Å². The van der Waals surface area contributed by atoms with Gasteiger partial charge in [-0.3, -0.25) is 5.43 Å². The highest BCUT2D eigenvalue weighted by Gasteiger charge is 2.23. The average molecular weight is 420 g/mol. The van der Waals surface area contributed by atoms with Crippen molar-refractivity contribution in [3.05, 3.63) is 47.6 Å². The van der Waals surface area contributed by atoms with E-state index in [2.05, 4.69) is 15.5 Å². The Morgan fingerprint density at radius 3 is 2.86 bits per heavy atom. The topological polar surface area (TPSA) is 132 Å². The first-order chi connectivity index (χ1) is 13.2. The molecule has 0 radical (unpaired) electrons. The number of nitrogens with zero attached hydrogens (tertiary/aromatic N) is 4. The molecule has 3 rings (SSSR count). The summed E-state index contributed by atoms with van der Waals surface area (Å²) >= 11 is 4.80. The monoisotopic (exact) mass is 419 g/mol. The minimum Gasteiger partial charge on any atom is -0.375 e. The number of hydrogen-bond donors (Lipinski definition) is 3. The number of benzene rings is 1. The zero-order chi connectivity index (χ0) is 20.5. The van der Waals surface area contributed by atoms with Gasteiger partial charge in [-0.25, -0.2) is 4.98 Å². The van der Waals surface area contributed by atoms with E-state index < -0.39 is 10.2 Å². The molecule has 5 N–H and O–H groups in total. The quantitative estimate of drug-likeness (QED) is 0.484. The number of imidazole rings is 1. The second-order valence-corrected chi connectivity index (χ2v) is 8.81. The Bertz CT molecular complexity index is 1130. The molecule has 0 spiro atoms. The molecule has 0 fully saturated rings. The SMILES string of the molecule is CN(C)S(=O)(=O)n1c(N)nc2cc(CC3=CC=CCC3=NNC(N)=S)ccc21. The maximum absolute atomic E-state index is 12.5. The first-order valence-corrected chi connectivity index (χ1v) is 10.2. The molecule has 1 aliphatic carbocycles. The predicted molar refractivity (Wildman–Crippen MR) is 115 cm³/mol. The molecule has 0 bridgehead atoms. The van der Waals surface area contributed by atoms with Crippen molar-refractivity contribution in [1.82, 2.24) is 18.7 Å². The normalized spacial score (nSPS) is 16.0. The maximum Gasteiger partial charge on any atom is 0.310 e. The summed E-state index contributed by atoms with van der Waals surface area (Å²) in [6.07, 6.45) is 7.17. The van der Waals surface area contributed by atoms with Crippen molar-refractivity contribution >= 4 is 50.2 Å². The van der Waals surface area contributed by atoms with Gasteiger partial charge in [-0.15, -0.1) is 0 Å². The largest absolute Gasteiger partial charge is 0.375 e. The number of nitrogens with two attached hydrogens (primary N) is 2. The molecule has 0 unspecified atom stereocenters. The van der Waals surface area contributed by atoms with Crippen LogP contribution in [0.25, 0.3) is 11.0 Å². The van der Waals surface area contributed by atoms with Crippen LogP contribution in [0.15, 0.2) is 47.1 Å². The lowest BCUT2D eigenvalue weighted by Crippen LogP contribution is -2.29. The van der Waals surface area contributed by atoms with E-state index in [4.69, 9.17) is 23.7 Å². The highest BCUT2D eigenvalue weighted by molar-refractivity contribution is 7.87. The third-order valence-corrected chi connectivity index (χ3v) is 6.06. The van der Waals surface area contributed by atoms with Gasteiger partial charge in [0.05, 0.1) is 16.7 Å². The Labute approximate surface area is 168 Å². The molecule has 1 aromatic carbocycles. The highest BCUT2D eigenvalue weighted by Crippen LogP contribution is 2.24. The zero-order valence-corrected chi connectivity index (χ0v) is 17.1. The molecule has 1 aliphatic rings. The molecular weight excluding hydrogens is 398 g/mol. The van der Waals surface area contributed by atoms with E-state index in [1.165, 1.54) is 14.1 Å². The lowest BCUT2D eigenvalue weighted by Gasteiger charge is -2.14. The summed E-state index contributed by atoms with van der Waals surface area (Å²) in [6.45, 7) is 0. The Hall–Kier alpha value is -2.76. The number of aromatic nitrogens is 2. The van der Waals surface area contributed by atoms with E-state index in [9.17, 15) is 8.42 Å². The molecule has 0 atom stereocenters. The van der Waals surface area contributed by atoms with Gasteiger partial charge < -0.3 is 11.5 Å². The number of nitrogens with one attached hydrogen (secondary N) is 1. The number of fused-ring (bicyclic) bond motifs is 1. The van der Waals surface area contributed by atoms with Crippen LogP contribution in [-0.2, 0) is 16.6 Å². The number of allylic oxidation sites excluding steroid dienone is 4. The average Bonchev–Trinajstić information content (AvgIpc) is 2.96. The summed E-state index contributed by atoms with van der Waals surface area (Å²) in [6, 6.07) is 5.38. The molecule has 0 saturated carbocycles. The Balaban J connectivity index is 1.96. The van der Waals surface area contributed by atoms with Crippen molar-refractivity contribution in [2.24, 2.45) is 10.8 Å². The molecule has 9 nitrogen and oxygen atoms in total. The molecule has 1 aromatic heterocycles. The third-order valence-electron chi connectivity index (χ3n) is 4.20. The number of thiocarbonyl (C=S) groups is 1. The molecular formula is C17H21N7O2S2. The van der Waals surface area contributed by atoms with Gasteiger partial charge in [0.15, 0.2) is 5.11 Å². The number of anilines is 1. The number of hydrogen-bond acceptors (Lipinski definition) is 6. The summed E-state index contributed by atoms with van der Waals surface area (Å²) in [5, 5.41) is 4.35. The van der Waals surface area contributed by atoms with Gasteiger partial charge >= 0.3 is 10.2 Å². The van der Waals surface area contributed by atoms with Crippen molar-refractivity contribution in [3.63, 3.8) is 0 Å². The molecule has 148 valence electrons. The van der Waals surface area contributed by atoms with Gasteiger partial charge in [-0.2, -0.15) is 21.8 Å². The van der Waals surface area contributed by atoms with Crippen molar-refractivity contribution in [2.75, 3.05) is 19.8 Å². The minimum absolute atomic E-state index is 0.0800. The van der Waals surface area contributed by atoms with E-state index in [1.807, 2.05) is 30.4 Å². The molecule has 0 aliphatic heterocycles. The van der Waals surface area contributed by atoms with Crippen molar-refractivity contribution in [3.8, 4) is 0 Å². The summed E-state index contributed by atoms with van der Waals surface area (Å²) in [7, 11) is -0.876. The Morgan fingerprint density at radius 2 is 2.18 bits per heavy atom. The first kappa shape index (κ1) is 20.0. The summed E-state index contributed by atoms with van der Waals surface area (Å²) in [5.74, 6) is -0.0800. The molecule has 28 heavy (non-hydrogen) atoms. The van der Waals surface area contributed by atoms with Gasteiger partial charge in [-0.05, 0) is 41.9 Å². The van der Waals surface area contributed by atoms with Crippen LogP contribution >= 0.6 is 12.2 Å². The number of hydrazone groups is 1. The third kappa shape index (κ3) is 3.91. The lowest BCUT2D eigenvalue weighted by molar-refractivity contribution is 0.513. The lowest BCUT2D eigenvalue weighted by atomic mass is 9.95. The fraction of sp³-hybridized carbons (Fsp3) is 0.235. The van der Waals surface area contributed by atoms with E-state index >= 15 is 0 Å². The highest BCUT2D eigenvalue weighted by atomic mass is 32.2. The fourth-order valence-electron chi connectivity index (χ4n) is 2.85. The van der Waals surface area contributed by atoms with Gasteiger partial charge in [0.25, 0.3) is 0 Å². The van der Waals surface area contributed by atoms with Crippen LogP contribution in [0.2, 0.25) is 0 Å². The first-order valence-electron chi connectivity index (χ1n) is 8.38. The van der Waals surface area contributed by atoms with E-state index in [1.54, 1.807) is 6.07 Å². The van der Waals surface area contributed by atoms with Crippen LogP contribution in [0.1, 0.15) is 12.0 Å². The predicted octanol–water partition coefficient (Wildman–Crippen LogP) is 0.891. The Morgan fingerprint density at radius 1 is 1.43 bits per heavy atom. The van der Waals surface area contributed by atoms with Crippen LogP contribution in [0, 0.1) is 0 Å². The second-order valence-electron chi connectivity index (χ2n) is 6.38. The molecule has 0 saturated heterocycles. The summed E-state index contributed by atoms with van der Waals surface area (Å²) in [4.78, 5) is 4.22. The number of nitrogen functional groups attached to an aromatic ring is 1. The van der Waals surface area contributed by atoms with E-state index in [0.717, 1.165) is 25.1 Å². The Kier molecular flexibility index (Phi) is 5.49. The summed E-state index contributed by atoms with van der Waals surface area (Å²) in [5.41, 5.74) is 17.6. The van der Waals surface area contributed by atoms with Crippen molar-refractivity contribution < 1.29 is 8.42 Å². The number of rotatable bonds is 5. The van der Waals surface area contributed by atoms with Gasteiger partial charge in [0, 0.05) is 20.5 Å². The van der Waals surface area contributed by atoms with E-state index in [-0.39, 0.29) is 11.1 Å². The van der Waals surface area contributed by atoms with Gasteiger partial charge in [0.2, 0.25) is 5.95 Å². The van der Waals surface area contributed by atoms with Crippen LogP contribution in [-0.4, -0.2) is 46.6 Å². The molecule has 0 amide bonds. The summed E-state index contributed by atoms with van der Waals surface area (Å²) < 4.78 is 27.1. The molecule has 2 aromatic rings. The van der Waals surface area contributed by atoms with Gasteiger partial charge in [0.1, 0.15) is 0 Å². The minimum atomic E-state index is -3.76. The second kappa shape index (κ2) is 7.70.